The van der Waals surface area contributed by atoms with Gasteiger partial charge in [-0.2, -0.15) is 0 Å². The molecule has 0 atom stereocenters. The molecule has 0 N–H and O–H groups in total. The number of hydrogen-bond donors (Lipinski definition) is 0. The first kappa shape index (κ1) is 6.49. The highest BCUT2D eigenvalue weighted by Crippen LogP contribution is 1.81. The van der Waals surface area contributed by atoms with Crippen LogP contribution in [0.3, 0.4) is 0 Å². The number of aromatic nitrogens is 1. The second kappa shape index (κ2) is 2.78. The Morgan fingerprint density at radius 3 is 2.44 bits per heavy atom. The van der Waals surface area contributed by atoms with Crippen LogP contribution >= 0.6 is 0 Å². The monoisotopic (exact) mass is 137 g/mol. The number of pyridine rings is 1. The summed E-state index contributed by atoms with van der Waals surface area (Å²) in [5.74, 6) is 0. The van der Waals surface area contributed by atoms with E-state index in [4.69, 9.17) is 0 Å². The minimum absolute atomic E-state index is 0.640. The molecule has 0 amide bonds. The lowest BCUT2D eigenvalue weighted by molar-refractivity contribution is 1.38. The normalized spacial score (nSPS) is 10.1. The summed E-state index contributed by atoms with van der Waals surface area (Å²) in [4.78, 5) is 4.24. The highest BCUT2D eigenvalue weighted by molar-refractivity contribution is 6.69. The molecule has 0 unspecified atom stereocenters. The van der Waals surface area contributed by atoms with Gasteiger partial charge in [0, 0.05) is 11.5 Å². The topological polar surface area (TPSA) is 12.9 Å². The summed E-state index contributed by atoms with van der Waals surface area (Å²) < 4.78 is 0. The first-order chi connectivity index (χ1) is 4.30. The summed E-state index contributed by atoms with van der Waals surface area (Å²) in [5.41, 5.74) is 0. The van der Waals surface area contributed by atoms with Gasteiger partial charge in [-0.3, -0.25) is 4.98 Å². The SMILES string of the molecule is C[SiH](C)c1ccccn1. The van der Waals surface area contributed by atoms with Gasteiger partial charge in [-0.1, -0.05) is 19.2 Å². The maximum atomic E-state index is 4.24. The Kier molecular flexibility index (Phi) is 2.00. The predicted octanol–water partition coefficient (Wildman–Crippen LogP) is 0.775. The molecule has 1 heterocycles. The Labute approximate surface area is 57.4 Å². The van der Waals surface area contributed by atoms with E-state index in [1.165, 1.54) is 5.32 Å². The van der Waals surface area contributed by atoms with Crippen molar-refractivity contribution in [2.24, 2.45) is 0 Å². The van der Waals surface area contributed by atoms with Crippen LogP contribution in [0, 0.1) is 0 Å². The van der Waals surface area contributed by atoms with Crippen molar-refractivity contribution >= 4 is 14.1 Å². The second-order valence-electron chi connectivity index (χ2n) is 2.41. The molecule has 0 radical (unpaired) electrons. The fourth-order valence-corrected chi connectivity index (χ4v) is 1.60. The van der Waals surface area contributed by atoms with Crippen molar-refractivity contribution < 1.29 is 0 Å². The quantitative estimate of drug-likeness (QED) is 0.521. The van der Waals surface area contributed by atoms with Crippen LogP contribution in [0.25, 0.3) is 0 Å². The van der Waals surface area contributed by atoms with E-state index in [0.29, 0.717) is 0 Å². The third kappa shape index (κ3) is 1.64. The molecule has 0 spiro atoms. The highest BCUT2D eigenvalue weighted by Gasteiger charge is 1.97. The molecule has 1 aromatic rings. The molecule has 0 fully saturated rings. The van der Waals surface area contributed by atoms with Crippen LogP contribution in [0.15, 0.2) is 24.4 Å². The van der Waals surface area contributed by atoms with Gasteiger partial charge in [0.05, 0.1) is 8.80 Å². The molecule has 2 heteroatoms. The van der Waals surface area contributed by atoms with Gasteiger partial charge in [-0.05, 0) is 12.1 Å². The van der Waals surface area contributed by atoms with Crippen LogP contribution in [0.1, 0.15) is 0 Å². The summed E-state index contributed by atoms with van der Waals surface area (Å²) >= 11 is 0. The second-order valence-corrected chi connectivity index (χ2v) is 5.31. The van der Waals surface area contributed by atoms with Crippen molar-refractivity contribution in [3.8, 4) is 0 Å². The van der Waals surface area contributed by atoms with E-state index in [2.05, 4.69) is 30.2 Å². The largest absolute Gasteiger partial charge is 0.266 e. The summed E-state index contributed by atoms with van der Waals surface area (Å²) in [6.07, 6.45) is 1.86. The van der Waals surface area contributed by atoms with Crippen molar-refractivity contribution in [2.75, 3.05) is 0 Å². The van der Waals surface area contributed by atoms with Crippen LogP contribution in [0.4, 0.5) is 0 Å². The maximum absolute atomic E-state index is 4.24. The molecule has 48 valence electrons. The molecule has 1 aromatic heterocycles. The molecular weight excluding hydrogens is 126 g/mol. The maximum Gasteiger partial charge on any atom is 0.0884 e. The summed E-state index contributed by atoms with van der Waals surface area (Å²) in [6.45, 7) is 4.56. The zero-order valence-electron chi connectivity index (χ0n) is 5.83. The number of nitrogens with zero attached hydrogens (tertiary/aromatic N) is 1. The molecule has 9 heavy (non-hydrogen) atoms. The third-order valence-electron chi connectivity index (χ3n) is 1.28. The van der Waals surface area contributed by atoms with E-state index in [9.17, 15) is 0 Å². The Morgan fingerprint density at radius 2 is 2.11 bits per heavy atom. The first-order valence-electron chi connectivity index (χ1n) is 3.21. The summed E-state index contributed by atoms with van der Waals surface area (Å²) in [5, 5.41) is 1.30. The van der Waals surface area contributed by atoms with Gasteiger partial charge in [-0.25, -0.2) is 0 Å². The highest BCUT2D eigenvalue weighted by atomic mass is 28.3. The first-order valence-corrected chi connectivity index (χ1v) is 6.10. The Balaban J connectivity index is 2.85. The van der Waals surface area contributed by atoms with E-state index in [1.54, 1.807) is 0 Å². The molecule has 0 aliphatic rings. The van der Waals surface area contributed by atoms with Crippen molar-refractivity contribution in [3.63, 3.8) is 0 Å². The Bertz CT molecular complexity index is 172. The molecule has 0 saturated carbocycles. The molecule has 0 saturated heterocycles. The van der Waals surface area contributed by atoms with Crippen LogP contribution in [-0.2, 0) is 0 Å². The van der Waals surface area contributed by atoms with Crippen molar-refractivity contribution in [3.05, 3.63) is 24.4 Å². The zero-order chi connectivity index (χ0) is 6.69. The van der Waals surface area contributed by atoms with E-state index in [1.807, 2.05) is 12.3 Å². The molecule has 0 aliphatic heterocycles. The van der Waals surface area contributed by atoms with Gasteiger partial charge in [0.25, 0.3) is 0 Å². The number of hydrogen-bond acceptors (Lipinski definition) is 1. The Hall–Kier alpha value is -0.633. The lowest BCUT2D eigenvalue weighted by atomic mass is 10.5. The van der Waals surface area contributed by atoms with Gasteiger partial charge in [0.1, 0.15) is 0 Å². The van der Waals surface area contributed by atoms with E-state index in [-0.39, 0.29) is 0 Å². The van der Waals surface area contributed by atoms with Crippen LogP contribution in [0.2, 0.25) is 13.1 Å². The predicted molar refractivity (Wildman–Crippen MR) is 42.7 cm³/mol. The van der Waals surface area contributed by atoms with Gasteiger partial charge in [-0.15, -0.1) is 0 Å². The van der Waals surface area contributed by atoms with E-state index >= 15 is 0 Å². The third-order valence-corrected chi connectivity index (χ3v) is 2.80. The Morgan fingerprint density at radius 1 is 1.33 bits per heavy atom. The van der Waals surface area contributed by atoms with Crippen LogP contribution < -0.4 is 5.32 Å². The van der Waals surface area contributed by atoms with E-state index < -0.39 is 8.80 Å². The lowest BCUT2D eigenvalue weighted by Gasteiger charge is -1.98. The minimum Gasteiger partial charge on any atom is -0.266 e. The van der Waals surface area contributed by atoms with E-state index in [0.717, 1.165) is 0 Å². The fraction of sp³-hybridized carbons (Fsp3) is 0.286. The van der Waals surface area contributed by atoms with Crippen LogP contribution in [0.5, 0.6) is 0 Å². The van der Waals surface area contributed by atoms with Crippen molar-refractivity contribution in [1.29, 1.82) is 0 Å². The summed E-state index contributed by atoms with van der Waals surface area (Å²) in [6, 6.07) is 6.12. The lowest BCUT2D eigenvalue weighted by Crippen LogP contribution is -2.25. The van der Waals surface area contributed by atoms with Gasteiger partial charge in [0.2, 0.25) is 0 Å². The molecule has 0 aromatic carbocycles. The number of rotatable bonds is 1. The minimum atomic E-state index is -0.640. The fourth-order valence-electron chi connectivity index (χ4n) is 0.717. The molecule has 1 nitrogen and oxygen atoms in total. The molecule has 0 bridgehead atoms. The standard InChI is InChI=1S/C7H11NSi/c1-9(2)7-5-3-4-6-8-7/h3-6,9H,1-2H3. The van der Waals surface area contributed by atoms with Crippen LogP contribution in [-0.4, -0.2) is 13.8 Å². The zero-order valence-corrected chi connectivity index (χ0v) is 6.99. The van der Waals surface area contributed by atoms with Crippen molar-refractivity contribution in [2.45, 2.75) is 13.1 Å². The van der Waals surface area contributed by atoms with Gasteiger partial charge in [0.15, 0.2) is 0 Å². The van der Waals surface area contributed by atoms with Gasteiger partial charge < -0.3 is 0 Å². The van der Waals surface area contributed by atoms with Gasteiger partial charge >= 0.3 is 0 Å². The summed E-state index contributed by atoms with van der Waals surface area (Å²) in [7, 11) is -0.640. The average molecular weight is 137 g/mol. The average Bonchev–Trinajstić information content (AvgIpc) is 1.90. The molecular formula is C7H11NSi. The molecule has 1 rings (SSSR count). The van der Waals surface area contributed by atoms with Crippen molar-refractivity contribution in [1.82, 2.24) is 4.98 Å². The molecule has 0 aliphatic carbocycles. The smallest absolute Gasteiger partial charge is 0.0884 e.